The van der Waals surface area contributed by atoms with Gasteiger partial charge in [0.15, 0.2) is 11.6 Å². The average molecular weight is 640 g/mol. The zero-order valence-corrected chi connectivity index (χ0v) is 27.2. The predicted octanol–water partition coefficient (Wildman–Crippen LogP) is 2.29. The van der Waals surface area contributed by atoms with E-state index in [-0.39, 0.29) is 36.3 Å². The molecule has 2 amide bonds. The number of nitrogens with two attached hydrogens (primary N) is 3. The molecule has 2 saturated carbocycles. The minimum atomic E-state index is -2.10. The Morgan fingerprint density at radius 1 is 0.957 bits per heavy atom. The van der Waals surface area contributed by atoms with E-state index in [0.717, 1.165) is 51.4 Å². The molecule has 6 atom stereocenters. The third-order valence-corrected chi connectivity index (χ3v) is 10.5. The molecule has 3 aliphatic rings. The molecule has 0 bridgehead atoms. The highest BCUT2D eigenvalue weighted by atomic mass is 16.3. The molecule has 0 radical (unpaired) electrons. The Hall–Kier alpha value is -3.15. The second-order valence-electron chi connectivity index (χ2n) is 13.9. The van der Waals surface area contributed by atoms with Gasteiger partial charge in [0.1, 0.15) is 23.6 Å². The summed E-state index contributed by atoms with van der Waals surface area (Å²) < 4.78 is 0. The molecule has 254 valence electrons. The lowest BCUT2D eigenvalue weighted by atomic mass is 9.65. The van der Waals surface area contributed by atoms with Gasteiger partial charge in [-0.05, 0) is 68.6 Å². The van der Waals surface area contributed by atoms with Gasteiger partial charge in [0.2, 0.25) is 11.8 Å². The number of hydrogen-bond donors (Lipinski definition) is 5. The maximum Gasteiger partial charge on any atom is 0.246 e. The SMILES string of the molecule is C[C@H](N)C(=O)N[C@@H](Cc1ccc(O)cc1)C(=O)N1CCC[C@H]1C(=O)C(C1CCCCC1)[C@](N)(C=O)C(=O)[C@H](N)CC1CCCCC1. The summed E-state index contributed by atoms with van der Waals surface area (Å²) in [7, 11) is 0. The molecule has 0 spiro atoms. The topological polar surface area (TPSA) is 199 Å². The van der Waals surface area contributed by atoms with Crippen LogP contribution in [0.2, 0.25) is 0 Å². The number of amides is 2. The summed E-state index contributed by atoms with van der Waals surface area (Å²) in [5.41, 5.74) is 17.7. The first-order valence-corrected chi connectivity index (χ1v) is 17.2. The highest BCUT2D eigenvalue weighted by Crippen LogP contribution is 2.39. The third kappa shape index (κ3) is 8.41. The fraction of sp³-hybridized carbons (Fsp3) is 0.686. The minimum Gasteiger partial charge on any atom is -0.508 e. The fourth-order valence-corrected chi connectivity index (χ4v) is 7.92. The lowest BCUT2D eigenvalue weighted by Crippen LogP contribution is -2.66. The Morgan fingerprint density at radius 2 is 1.57 bits per heavy atom. The van der Waals surface area contributed by atoms with Crippen LogP contribution in [0.1, 0.15) is 96.0 Å². The van der Waals surface area contributed by atoms with Crippen molar-refractivity contribution in [3.63, 3.8) is 0 Å². The Balaban J connectivity index is 1.62. The van der Waals surface area contributed by atoms with Crippen molar-refractivity contribution in [2.45, 2.75) is 127 Å². The van der Waals surface area contributed by atoms with Gasteiger partial charge in [0, 0.05) is 13.0 Å². The molecule has 11 nitrogen and oxygen atoms in total. The van der Waals surface area contributed by atoms with Crippen LogP contribution >= 0.6 is 0 Å². The summed E-state index contributed by atoms with van der Waals surface area (Å²) in [6, 6.07) is 2.57. The van der Waals surface area contributed by atoms with E-state index in [0.29, 0.717) is 44.0 Å². The Labute approximate surface area is 272 Å². The van der Waals surface area contributed by atoms with E-state index >= 15 is 0 Å². The van der Waals surface area contributed by atoms with Crippen LogP contribution in [0.3, 0.4) is 0 Å². The van der Waals surface area contributed by atoms with Gasteiger partial charge in [-0.3, -0.25) is 19.2 Å². The van der Waals surface area contributed by atoms with Crippen molar-refractivity contribution < 1.29 is 29.1 Å². The molecule has 2 aliphatic carbocycles. The van der Waals surface area contributed by atoms with E-state index in [1.54, 1.807) is 12.1 Å². The van der Waals surface area contributed by atoms with Crippen LogP contribution in [0.15, 0.2) is 24.3 Å². The maximum atomic E-state index is 14.7. The highest BCUT2D eigenvalue weighted by molar-refractivity contribution is 6.11. The van der Waals surface area contributed by atoms with E-state index in [4.69, 9.17) is 17.2 Å². The number of carbonyl (C=O) groups excluding carboxylic acids is 5. The fourth-order valence-electron chi connectivity index (χ4n) is 7.92. The second kappa shape index (κ2) is 16.1. The number of phenols is 1. The van der Waals surface area contributed by atoms with E-state index in [9.17, 15) is 29.1 Å². The molecule has 0 aromatic heterocycles. The number of hydrogen-bond acceptors (Lipinski definition) is 9. The van der Waals surface area contributed by atoms with Crippen molar-refractivity contribution in [2.24, 2.45) is 35.0 Å². The van der Waals surface area contributed by atoms with E-state index in [2.05, 4.69) is 5.32 Å². The van der Waals surface area contributed by atoms with Crippen molar-refractivity contribution in [2.75, 3.05) is 6.54 Å². The number of aromatic hydroxyl groups is 1. The van der Waals surface area contributed by atoms with E-state index < -0.39 is 53.2 Å². The number of ketones is 2. The van der Waals surface area contributed by atoms with Crippen molar-refractivity contribution >= 4 is 29.7 Å². The van der Waals surface area contributed by atoms with Gasteiger partial charge in [0.05, 0.1) is 24.0 Å². The van der Waals surface area contributed by atoms with Gasteiger partial charge < -0.3 is 37.3 Å². The van der Waals surface area contributed by atoms with Crippen LogP contribution in [-0.4, -0.2) is 75.9 Å². The summed E-state index contributed by atoms with van der Waals surface area (Å²) in [5, 5.41) is 12.5. The Morgan fingerprint density at radius 3 is 2.15 bits per heavy atom. The molecule has 1 aromatic rings. The van der Waals surface area contributed by atoms with Crippen LogP contribution in [0.5, 0.6) is 5.75 Å². The number of aldehydes is 1. The number of carbonyl (C=O) groups is 5. The van der Waals surface area contributed by atoms with Crippen molar-refractivity contribution in [3.05, 3.63) is 29.8 Å². The molecule has 11 heteroatoms. The van der Waals surface area contributed by atoms with Crippen molar-refractivity contribution in [3.8, 4) is 5.75 Å². The first kappa shape index (κ1) is 35.7. The van der Waals surface area contributed by atoms with Gasteiger partial charge in [-0.2, -0.15) is 0 Å². The maximum absolute atomic E-state index is 14.7. The van der Waals surface area contributed by atoms with Gasteiger partial charge in [-0.1, -0.05) is 63.5 Å². The number of nitrogens with zero attached hydrogens (tertiary/aromatic N) is 1. The zero-order chi connectivity index (χ0) is 33.4. The van der Waals surface area contributed by atoms with E-state index in [1.807, 2.05) is 0 Å². The molecular weight excluding hydrogens is 586 g/mol. The molecule has 3 fully saturated rings. The van der Waals surface area contributed by atoms with Crippen LogP contribution < -0.4 is 22.5 Å². The molecule has 46 heavy (non-hydrogen) atoms. The van der Waals surface area contributed by atoms with Gasteiger partial charge in [-0.15, -0.1) is 0 Å². The number of phenolic OH excluding ortho intramolecular Hbond substituents is 1. The first-order chi connectivity index (χ1) is 22.0. The predicted molar refractivity (Wildman–Crippen MR) is 174 cm³/mol. The Kier molecular flexibility index (Phi) is 12.5. The van der Waals surface area contributed by atoms with Gasteiger partial charge in [0.25, 0.3) is 0 Å². The van der Waals surface area contributed by atoms with Crippen LogP contribution in [-0.2, 0) is 30.4 Å². The first-order valence-electron chi connectivity index (χ1n) is 17.2. The standard InChI is InChI=1S/C35H53N5O6/c1-22(36)33(45)39-28(20-24-14-16-26(42)17-15-24)34(46)40-18-8-13-29(40)31(43)30(25-11-6-3-7-12-25)35(38,21-41)32(44)27(37)19-23-9-4-2-5-10-23/h14-17,21-23,25,27-30,42H,2-13,18-20,36-38H2,1H3,(H,39,45)/t22-,27+,28-,29-,30?,35+/m0/s1. The molecule has 1 unspecified atom stereocenters. The molecule has 8 N–H and O–H groups in total. The molecule has 4 rings (SSSR count). The highest BCUT2D eigenvalue weighted by Gasteiger charge is 2.54. The number of benzene rings is 1. The Bertz CT molecular complexity index is 1230. The number of Topliss-reactive ketones (excluding diaryl/α,β-unsaturated/α-hetero) is 2. The second-order valence-corrected chi connectivity index (χ2v) is 13.9. The summed E-state index contributed by atoms with van der Waals surface area (Å²) >= 11 is 0. The molecule has 1 aromatic carbocycles. The lowest BCUT2D eigenvalue weighted by molar-refractivity contribution is -0.147. The third-order valence-electron chi connectivity index (χ3n) is 10.5. The van der Waals surface area contributed by atoms with Crippen molar-refractivity contribution in [1.82, 2.24) is 10.2 Å². The summed E-state index contributed by atoms with van der Waals surface area (Å²) in [6.07, 6.45) is 11.2. The summed E-state index contributed by atoms with van der Waals surface area (Å²) in [6.45, 7) is 1.80. The normalized spacial score (nSPS) is 23.5. The quantitative estimate of drug-likeness (QED) is 0.150. The van der Waals surface area contributed by atoms with Crippen LogP contribution in [0.4, 0.5) is 0 Å². The lowest BCUT2D eigenvalue weighted by Gasteiger charge is -2.41. The number of likely N-dealkylation sites (tertiary alicyclic amines) is 1. The number of rotatable bonds is 14. The minimum absolute atomic E-state index is 0.0682. The molecular formula is C35H53N5O6. The largest absolute Gasteiger partial charge is 0.508 e. The zero-order valence-electron chi connectivity index (χ0n) is 27.2. The summed E-state index contributed by atoms with van der Waals surface area (Å²) in [5.74, 6) is -2.98. The van der Waals surface area contributed by atoms with Crippen LogP contribution in [0.25, 0.3) is 0 Å². The van der Waals surface area contributed by atoms with Gasteiger partial charge in [-0.25, -0.2) is 0 Å². The van der Waals surface area contributed by atoms with Crippen LogP contribution in [0, 0.1) is 17.8 Å². The molecule has 1 aliphatic heterocycles. The monoisotopic (exact) mass is 639 g/mol. The van der Waals surface area contributed by atoms with Gasteiger partial charge >= 0.3 is 0 Å². The average Bonchev–Trinajstić information content (AvgIpc) is 3.56. The van der Waals surface area contributed by atoms with Crippen molar-refractivity contribution in [1.29, 1.82) is 0 Å². The molecule has 1 saturated heterocycles. The number of nitrogens with one attached hydrogen (secondary N) is 1. The molecule has 1 heterocycles. The smallest absolute Gasteiger partial charge is 0.246 e. The van der Waals surface area contributed by atoms with E-state index in [1.165, 1.54) is 24.0 Å². The summed E-state index contributed by atoms with van der Waals surface area (Å²) in [4.78, 5) is 69.9.